The summed E-state index contributed by atoms with van der Waals surface area (Å²) in [6.07, 6.45) is 2.05. The minimum absolute atomic E-state index is 0.0110. The molecule has 1 saturated heterocycles. The average molecular weight is 270 g/mol. The smallest absolute Gasteiger partial charge is 0.236 e. The number of nitrogens with zero attached hydrogens (tertiary/aromatic N) is 3. The molecule has 0 unspecified atom stereocenters. The quantitative estimate of drug-likeness (QED) is 0.341. The number of hydrogen-bond donors (Lipinski definition) is 2. The Morgan fingerprint density at radius 3 is 2.42 bits per heavy atom. The van der Waals surface area contributed by atoms with E-state index < -0.39 is 5.41 Å². The van der Waals surface area contributed by atoms with Crippen LogP contribution in [0.4, 0.5) is 0 Å². The highest BCUT2D eigenvalue weighted by atomic mass is 16.4. The van der Waals surface area contributed by atoms with Gasteiger partial charge >= 0.3 is 0 Å². The third kappa shape index (κ3) is 3.18. The summed E-state index contributed by atoms with van der Waals surface area (Å²) in [6.45, 7) is 7.12. The maximum atomic E-state index is 12.8. The van der Waals surface area contributed by atoms with E-state index in [9.17, 15) is 4.79 Å². The Kier molecular flexibility index (Phi) is 5.60. The molecule has 0 saturated carbocycles. The van der Waals surface area contributed by atoms with Gasteiger partial charge in [0.2, 0.25) is 5.91 Å². The summed E-state index contributed by atoms with van der Waals surface area (Å²) in [5, 5.41) is 12.1. The van der Waals surface area contributed by atoms with Crippen molar-refractivity contribution < 1.29 is 10.0 Å². The first-order valence-electron chi connectivity index (χ1n) is 6.97. The molecule has 1 amide bonds. The van der Waals surface area contributed by atoms with Gasteiger partial charge in [0.15, 0.2) is 5.84 Å². The minimum atomic E-state index is -0.863. The second-order valence-electron chi connectivity index (χ2n) is 5.22. The summed E-state index contributed by atoms with van der Waals surface area (Å²) in [7, 11) is 2.06. The molecule has 0 aromatic heterocycles. The summed E-state index contributed by atoms with van der Waals surface area (Å²) in [6, 6.07) is 0. The molecular weight excluding hydrogens is 244 g/mol. The van der Waals surface area contributed by atoms with E-state index in [-0.39, 0.29) is 11.7 Å². The van der Waals surface area contributed by atoms with Crippen molar-refractivity contribution in [1.29, 1.82) is 0 Å². The molecule has 3 N–H and O–H groups in total. The molecule has 110 valence electrons. The Bertz CT molecular complexity index is 340. The number of carbonyl (C=O) groups is 1. The third-order valence-electron chi connectivity index (χ3n) is 4.22. The van der Waals surface area contributed by atoms with Gasteiger partial charge in [-0.2, -0.15) is 0 Å². The maximum absolute atomic E-state index is 12.8. The normalized spacial score (nSPS) is 19.3. The highest BCUT2D eigenvalue weighted by Gasteiger charge is 2.42. The SMILES string of the molecule is CCC(CC)(C(=O)N1CCCN(C)CC1)C(N)=NO. The van der Waals surface area contributed by atoms with Gasteiger partial charge in [-0.05, 0) is 32.9 Å². The molecule has 1 heterocycles. The van der Waals surface area contributed by atoms with Crippen molar-refractivity contribution in [3.63, 3.8) is 0 Å². The Hall–Kier alpha value is -1.30. The van der Waals surface area contributed by atoms with Crippen LogP contribution in [0.3, 0.4) is 0 Å². The maximum Gasteiger partial charge on any atom is 0.236 e. The predicted octanol–water partition coefficient (Wildman–Crippen LogP) is 0.703. The molecule has 1 rings (SSSR count). The van der Waals surface area contributed by atoms with Crippen molar-refractivity contribution in [2.75, 3.05) is 33.2 Å². The number of amidine groups is 1. The highest BCUT2D eigenvalue weighted by Crippen LogP contribution is 2.30. The van der Waals surface area contributed by atoms with Crippen molar-refractivity contribution >= 4 is 11.7 Å². The molecule has 19 heavy (non-hydrogen) atoms. The van der Waals surface area contributed by atoms with E-state index in [0.717, 1.165) is 26.1 Å². The van der Waals surface area contributed by atoms with Crippen molar-refractivity contribution in [3.8, 4) is 0 Å². The van der Waals surface area contributed by atoms with Crippen molar-refractivity contribution in [2.24, 2.45) is 16.3 Å². The van der Waals surface area contributed by atoms with E-state index >= 15 is 0 Å². The van der Waals surface area contributed by atoms with Crippen LogP contribution in [0.2, 0.25) is 0 Å². The van der Waals surface area contributed by atoms with Crippen LogP contribution >= 0.6 is 0 Å². The van der Waals surface area contributed by atoms with Gasteiger partial charge in [0, 0.05) is 19.6 Å². The van der Waals surface area contributed by atoms with E-state index in [1.54, 1.807) is 0 Å². The van der Waals surface area contributed by atoms with Crippen LogP contribution in [0.15, 0.2) is 5.16 Å². The van der Waals surface area contributed by atoms with Gasteiger partial charge in [0.1, 0.15) is 5.41 Å². The number of carbonyl (C=O) groups excluding carboxylic acids is 1. The van der Waals surface area contributed by atoms with E-state index in [0.29, 0.717) is 19.4 Å². The van der Waals surface area contributed by atoms with Crippen LogP contribution in [0.25, 0.3) is 0 Å². The fourth-order valence-corrected chi connectivity index (χ4v) is 2.67. The lowest BCUT2D eigenvalue weighted by Gasteiger charge is -2.34. The molecule has 0 aliphatic carbocycles. The van der Waals surface area contributed by atoms with Gasteiger partial charge in [0.25, 0.3) is 0 Å². The Morgan fingerprint density at radius 2 is 1.89 bits per heavy atom. The molecule has 1 aliphatic rings. The molecule has 6 heteroatoms. The van der Waals surface area contributed by atoms with Gasteiger partial charge in [-0.15, -0.1) is 0 Å². The summed E-state index contributed by atoms with van der Waals surface area (Å²) in [4.78, 5) is 16.9. The van der Waals surface area contributed by atoms with E-state index in [1.807, 2.05) is 18.7 Å². The van der Waals surface area contributed by atoms with E-state index in [2.05, 4.69) is 17.1 Å². The molecule has 1 aliphatic heterocycles. The van der Waals surface area contributed by atoms with Crippen LogP contribution in [0, 0.1) is 5.41 Å². The summed E-state index contributed by atoms with van der Waals surface area (Å²) in [5.41, 5.74) is 4.93. The number of rotatable bonds is 4. The lowest BCUT2D eigenvalue weighted by atomic mass is 9.79. The largest absolute Gasteiger partial charge is 0.409 e. The topological polar surface area (TPSA) is 82.2 Å². The highest BCUT2D eigenvalue weighted by molar-refractivity contribution is 6.06. The van der Waals surface area contributed by atoms with Gasteiger partial charge < -0.3 is 20.7 Å². The monoisotopic (exact) mass is 270 g/mol. The van der Waals surface area contributed by atoms with Gasteiger partial charge in [0.05, 0.1) is 0 Å². The molecule has 6 nitrogen and oxygen atoms in total. The second-order valence-corrected chi connectivity index (χ2v) is 5.22. The molecule has 0 aromatic rings. The second kappa shape index (κ2) is 6.75. The van der Waals surface area contributed by atoms with Crippen molar-refractivity contribution in [3.05, 3.63) is 0 Å². The first-order valence-corrected chi connectivity index (χ1v) is 6.97. The number of oxime groups is 1. The van der Waals surface area contributed by atoms with Crippen LogP contribution in [0.5, 0.6) is 0 Å². The summed E-state index contributed by atoms with van der Waals surface area (Å²) >= 11 is 0. The molecule has 1 fully saturated rings. The average Bonchev–Trinajstić information content (AvgIpc) is 2.65. The number of hydrogen-bond acceptors (Lipinski definition) is 4. The first-order chi connectivity index (χ1) is 9.01. The molecule has 0 aromatic carbocycles. The Labute approximate surface area is 115 Å². The van der Waals surface area contributed by atoms with Gasteiger partial charge in [-0.1, -0.05) is 19.0 Å². The number of amides is 1. The molecule has 0 atom stereocenters. The van der Waals surface area contributed by atoms with Gasteiger partial charge in [-0.3, -0.25) is 4.79 Å². The van der Waals surface area contributed by atoms with E-state index in [4.69, 9.17) is 10.9 Å². The standard InChI is InChI=1S/C13H26N4O2/c1-4-13(5-2,11(14)15-19)12(18)17-8-6-7-16(3)9-10-17/h19H,4-10H2,1-3H3,(H2,14,15). The fraction of sp³-hybridized carbons (Fsp3) is 0.846. The predicted molar refractivity (Wildman–Crippen MR) is 75.1 cm³/mol. The molecule has 0 radical (unpaired) electrons. The van der Waals surface area contributed by atoms with Crippen molar-refractivity contribution in [1.82, 2.24) is 9.80 Å². The van der Waals surface area contributed by atoms with Crippen LogP contribution < -0.4 is 5.73 Å². The van der Waals surface area contributed by atoms with Crippen LogP contribution in [-0.4, -0.2) is 60.0 Å². The lowest BCUT2D eigenvalue weighted by Crippen LogP contribution is -2.51. The summed E-state index contributed by atoms with van der Waals surface area (Å²) < 4.78 is 0. The van der Waals surface area contributed by atoms with Crippen LogP contribution in [-0.2, 0) is 4.79 Å². The first kappa shape index (κ1) is 15.8. The zero-order valence-electron chi connectivity index (χ0n) is 12.2. The number of nitrogens with two attached hydrogens (primary N) is 1. The van der Waals surface area contributed by atoms with E-state index in [1.165, 1.54) is 0 Å². The molecule has 0 spiro atoms. The van der Waals surface area contributed by atoms with Gasteiger partial charge in [-0.25, -0.2) is 0 Å². The van der Waals surface area contributed by atoms with Crippen molar-refractivity contribution in [2.45, 2.75) is 33.1 Å². The Balaban J connectivity index is 2.93. The zero-order valence-corrected chi connectivity index (χ0v) is 12.2. The number of likely N-dealkylation sites (N-methyl/N-ethyl adjacent to an activating group) is 1. The molecule has 0 bridgehead atoms. The molecular formula is C13H26N4O2. The van der Waals surface area contributed by atoms with Crippen LogP contribution in [0.1, 0.15) is 33.1 Å². The summed E-state index contributed by atoms with van der Waals surface area (Å²) in [5.74, 6) is 0.0169. The Morgan fingerprint density at radius 1 is 1.26 bits per heavy atom. The fourth-order valence-electron chi connectivity index (χ4n) is 2.67. The zero-order chi connectivity index (χ0) is 14.5. The third-order valence-corrected chi connectivity index (χ3v) is 4.22. The lowest BCUT2D eigenvalue weighted by molar-refractivity contribution is -0.138. The minimum Gasteiger partial charge on any atom is -0.409 e.